The number of halogens is 3. The Morgan fingerprint density at radius 2 is 2.05 bits per heavy atom. The minimum Gasteiger partial charge on any atom is -0.470 e. The highest BCUT2D eigenvalue weighted by atomic mass is 19.4. The van der Waals surface area contributed by atoms with Crippen LogP contribution in [-0.2, 0) is 6.18 Å². The molecule has 22 heavy (non-hydrogen) atoms. The van der Waals surface area contributed by atoms with Crippen molar-refractivity contribution in [2.45, 2.75) is 26.1 Å². The molecule has 1 fully saturated rings. The SMILES string of the molecule is CCN(CC)C(=O)N1CC(Oc2ncccc2C(F)(F)F)C1. The topological polar surface area (TPSA) is 45.7 Å². The molecule has 8 heteroatoms. The van der Waals surface area contributed by atoms with E-state index in [2.05, 4.69) is 4.98 Å². The van der Waals surface area contributed by atoms with Gasteiger partial charge in [0.05, 0.1) is 13.1 Å². The summed E-state index contributed by atoms with van der Waals surface area (Å²) in [6, 6.07) is 2.02. The summed E-state index contributed by atoms with van der Waals surface area (Å²) in [5, 5.41) is 0. The van der Waals surface area contributed by atoms with Gasteiger partial charge in [-0.05, 0) is 26.0 Å². The average Bonchev–Trinajstić information content (AvgIpc) is 2.43. The predicted molar refractivity (Wildman–Crippen MR) is 73.5 cm³/mol. The van der Waals surface area contributed by atoms with Gasteiger partial charge >= 0.3 is 12.2 Å². The molecule has 5 nitrogen and oxygen atoms in total. The summed E-state index contributed by atoms with van der Waals surface area (Å²) < 4.78 is 43.8. The molecule has 0 aromatic carbocycles. The third kappa shape index (κ3) is 3.42. The van der Waals surface area contributed by atoms with Crippen molar-refractivity contribution < 1.29 is 22.7 Å². The Morgan fingerprint density at radius 1 is 1.41 bits per heavy atom. The van der Waals surface area contributed by atoms with E-state index in [9.17, 15) is 18.0 Å². The second kappa shape index (κ2) is 6.41. The largest absolute Gasteiger partial charge is 0.470 e. The zero-order chi connectivity index (χ0) is 16.3. The van der Waals surface area contributed by atoms with Crippen LogP contribution in [0.3, 0.4) is 0 Å². The first-order valence-electron chi connectivity index (χ1n) is 7.09. The van der Waals surface area contributed by atoms with Crippen LogP contribution in [0.15, 0.2) is 18.3 Å². The maximum Gasteiger partial charge on any atom is 0.421 e. The Labute approximate surface area is 126 Å². The van der Waals surface area contributed by atoms with Crippen molar-refractivity contribution in [2.24, 2.45) is 0 Å². The van der Waals surface area contributed by atoms with E-state index in [1.807, 2.05) is 13.8 Å². The van der Waals surface area contributed by atoms with Crippen LogP contribution in [0.25, 0.3) is 0 Å². The van der Waals surface area contributed by atoms with Crippen molar-refractivity contribution in [3.05, 3.63) is 23.9 Å². The van der Waals surface area contributed by atoms with E-state index in [-0.39, 0.29) is 19.1 Å². The van der Waals surface area contributed by atoms with E-state index in [0.717, 1.165) is 6.07 Å². The number of rotatable bonds is 4. The highest BCUT2D eigenvalue weighted by Gasteiger charge is 2.39. The molecule has 0 N–H and O–H groups in total. The maximum atomic E-state index is 12.8. The summed E-state index contributed by atoms with van der Waals surface area (Å²) in [4.78, 5) is 18.9. The van der Waals surface area contributed by atoms with Gasteiger partial charge in [0, 0.05) is 19.3 Å². The maximum absolute atomic E-state index is 12.8. The molecule has 0 bridgehead atoms. The molecule has 0 atom stereocenters. The first-order valence-corrected chi connectivity index (χ1v) is 7.09. The van der Waals surface area contributed by atoms with Crippen LogP contribution in [0.4, 0.5) is 18.0 Å². The van der Waals surface area contributed by atoms with E-state index in [1.54, 1.807) is 9.80 Å². The quantitative estimate of drug-likeness (QED) is 0.857. The van der Waals surface area contributed by atoms with Crippen molar-refractivity contribution >= 4 is 6.03 Å². The van der Waals surface area contributed by atoms with Crippen molar-refractivity contribution in [2.75, 3.05) is 26.2 Å². The predicted octanol–water partition coefficient (Wildman–Crippen LogP) is 2.63. The van der Waals surface area contributed by atoms with E-state index in [0.29, 0.717) is 13.1 Å². The number of amides is 2. The molecular formula is C14H18F3N3O2. The fourth-order valence-corrected chi connectivity index (χ4v) is 2.22. The Bertz CT molecular complexity index is 526. The minimum absolute atomic E-state index is 0.123. The Kier molecular flexibility index (Phi) is 4.77. The van der Waals surface area contributed by atoms with Gasteiger partial charge in [0.25, 0.3) is 0 Å². The molecule has 1 aromatic heterocycles. The first-order chi connectivity index (χ1) is 10.4. The molecule has 1 aliphatic heterocycles. The third-order valence-corrected chi connectivity index (χ3v) is 3.51. The van der Waals surface area contributed by atoms with Gasteiger partial charge in [-0.25, -0.2) is 9.78 Å². The number of pyridine rings is 1. The number of nitrogens with zero attached hydrogens (tertiary/aromatic N) is 3. The zero-order valence-corrected chi connectivity index (χ0v) is 12.4. The highest BCUT2D eigenvalue weighted by molar-refractivity contribution is 5.75. The van der Waals surface area contributed by atoms with Crippen LogP contribution >= 0.6 is 0 Å². The Hall–Kier alpha value is -1.99. The first kappa shape index (κ1) is 16.4. The van der Waals surface area contributed by atoms with Gasteiger partial charge < -0.3 is 14.5 Å². The van der Waals surface area contributed by atoms with Crippen LogP contribution in [-0.4, -0.2) is 53.1 Å². The van der Waals surface area contributed by atoms with E-state index in [1.165, 1.54) is 12.3 Å². The Balaban J connectivity index is 1.95. The van der Waals surface area contributed by atoms with Gasteiger partial charge in [-0.1, -0.05) is 0 Å². The van der Waals surface area contributed by atoms with Crippen LogP contribution in [0.1, 0.15) is 19.4 Å². The summed E-state index contributed by atoms with van der Waals surface area (Å²) in [5.74, 6) is -0.435. The molecule has 2 amide bonds. The second-order valence-electron chi connectivity index (χ2n) is 4.95. The summed E-state index contributed by atoms with van der Waals surface area (Å²) in [7, 11) is 0. The second-order valence-corrected chi connectivity index (χ2v) is 4.95. The van der Waals surface area contributed by atoms with Gasteiger partial charge in [0.15, 0.2) is 0 Å². The molecule has 0 radical (unpaired) electrons. The normalized spacial score (nSPS) is 15.4. The number of carbonyl (C=O) groups excluding carboxylic acids is 1. The molecule has 0 spiro atoms. The van der Waals surface area contributed by atoms with E-state index < -0.39 is 23.7 Å². The average molecular weight is 317 g/mol. The number of aromatic nitrogens is 1. The van der Waals surface area contributed by atoms with Crippen LogP contribution in [0.5, 0.6) is 5.88 Å². The smallest absolute Gasteiger partial charge is 0.421 e. The molecule has 0 saturated carbocycles. The highest BCUT2D eigenvalue weighted by Crippen LogP contribution is 2.35. The number of alkyl halides is 3. The number of ether oxygens (including phenoxy) is 1. The van der Waals surface area contributed by atoms with Gasteiger partial charge in [-0.2, -0.15) is 13.2 Å². The summed E-state index contributed by atoms with van der Waals surface area (Å²) in [5.41, 5.74) is -0.900. The molecule has 122 valence electrons. The molecule has 0 unspecified atom stereocenters. The van der Waals surface area contributed by atoms with Gasteiger partial charge in [0.2, 0.25) is 5.88 Å². The van der Waals surface area contributed by atoms with Gasteiger partial charge in [-0.3, -0.25) is 0 Å². The lowest BCUT2D eigenvalue weighted by atomic mass is 10.1. The van der Waals surface area contributed by atoms with Crippen LogP contribution in [0, 0.1) is 0 Å². The van der Waals surface area contributed by atoms with Crippen molar-refractivity contribution in [1.29, 1.82) is 0 Å². The number of hydrogen-bond acceptors (Lipinski definition) is 3. The van der Waals surface area contributed by atoms with Crippen LogP contribution in [0.2, 0.25) is 0 Å². The third-order valence-electron chi connectivity index (χ3n) is 3.51. The molecule has 1 aliphatic rings. The fraction of sp³-hybridized carbons (Fsp3) is 0.571. The van der Waals surface area contributed by atoms with Gasteiger partial charge in [-0.15, -0.1) is 0 Å². The molecule has 1 aromatic rings. The standard InChI is InChI=1S/C14H18F3N3O2/c1-3-19(4-2)13(21)20-8-10(9-20)22-12-11(14(15,16)17)6-5-7-18-12/h5-7,10H,3-4,8-9H2,1-2H3. The lowest BCUT2D eigenvalue weighted by molar-refractivity contribution is -0.140. The number of urea groups is 1. The molecule has 0 aliphatic carbocycles. The van der Waals surface area contributed by atoms with E-state index >= 15 is 0 Å². The zero-order valence-electron chi connectivity index (χ0n) is 12.4. The number of carbonyl (C=O) groups is 1. The van der Waals surface area contributed by atoms with Crippen molar-refractivity contribution in [1.82, 2.24) is 14.8 Å². The molecular weight excluding hydrogens is 299 g/mol. The Morgan fingerprint density at radius 3 is 2.59 bits per heavy atom. The molecule has 2 heterocycles. The summed E-state index contributed by atoms with van der Waals surface area (Å²) >= 11 is 0. The summed E-state index contributed by atoms with van der Waals surface area (Å²) in [6.07, 6.45) is -3.72. The monoisotopic (exact) mass is 317 g/mol. The summed E-state index contributed by atoms with van der Waals surface area (Å²) in [6.45, 7) is 5.47. The van der Waals surface area contributed by atoms with E-state index in [4.69, 9.17) is 4.74 Å². The van der Waals surface area contributed by atoms with Crippen LogP contribution < -0.4 is 4.74 Å². The number of likely N-dealkylation sites (tertiary alicyclic amines) is 1. The lowest BCUT2D eigenvalue weighted by Crippen LogP contribution is -2.59. The minimum atomic E-state index is -4.51. The molecule has 1 saturated heterocycles. The number of hydrogen-bond donors (Lipinski definition) is 0. The molecule has 2 rings (SSSR count). The fourth-order valence-electron chi connectivity index (χ4n) is 2.22. The lowest BCUT2D eigenvalue weighted by Gasteiger charge is -2.41. The van der Waals surface area contributed by atoms with Gasteiger partial charge in [0.1, 0.15) is 11.7 Å². The van der Waals surface area contributed by atoms with Crippen molar-refractivity contribution in [3.8, 4) is 5.88 Å². The van der Waals surface area contributed by atoms with Crippen molar-refractivity contribution in [3.63, 3.8) is 0 Å².